The molecular formula is C13H24S. The molecule has 1 heteroatoms. The van der Waals surface area contributed by atoms with Crippen molar-refractivity contribution in [1.82, 2.24) is 0 Å². The van der Waals surface area contributed by atoms with Gasteiger partial charge in [0.2, 0.25) is 0 Å². The number of hydrogen-bond acceptors (Lipinski definition) is 1. The molecule has 0 saturated heterocycles. The molecule has 0 nitrogen and oxygen atoms in total. The smallest absolute Gasteiger partial charge is 0.00976 e. The van der Waals surface area contributed by atoms with Crippen molar-refractivity contribution >= 4 is 11.8 Å². The van der Waals surface area contributed by atoms with Crippen LogP contribution < -0.4 is 0 Å². The fraction of sp³-hybridized carbons (Fsp3) is 0.692. The molecule has 0 aliphatic rings. The summed E-state index contributed by atoms with van der Waals surface area (Å²) in [6, 6.07) is 0. The molecule has 0 radical (unpaired) electrons. The standard InChI is InChI=1S/C13H24S/c1-9(2)12(14-8)10(3)11(4)13(5,6)7/h9H,4H2,1-3,5-8H3/b12-10+. The minimum Gasteiger partial charge on any atom is -0.133 e. The average molecular weight is 212 g/mol. The van der Waals surface area contributed by atoms with E-state index < -0.39 is 0 Å². The molecule has 82 valence electrons. The third kappa shape index (κ3) is 3.53. The van der Waals surface area contributed by atoms with Gasteiger partial charge in [-0.15, -0.1) is 11.8 Å². The lowest BCUT2D eigenvalue weighted by atomic mass is 9.82. The highest BCUT2D eigenvalue weighted by Crippen LogP contribution is 2.36. The Morgan fingerprint density at radius 1 is 1.21 bits per heavy atom. The predicted molar refractivity (Wildman–Crippen MR) is 69.6 cm³/mol. The molecule has 0 bridgehead atoms. The Balaban J connectivity index is 5.07. The van der Waals surface area contributed by atoms with E-state index in [9.17, 15) is 0 Å². The lowest BCUT2D eigenvalue weighted by molar-refractivity contribution is 0.511. The van der Waals surface area contributed by atoms with E-state index in [0.717, 1.165) is 0 Å². The van der Waals surface area contributed by atoms with E-state index in [1.54, 1.807) is 0 Å². The monoisotopic (exact) mass is 212 g/mol. The van der Waals surface area contributed by atoms with Gasteiger partial charge in [0.15, 0.2) is 0 Å². The molecule has 0 aromatic carbocycles. The van der Waals surface area contributed by atoms with Crippen LogP contribution in [0, 0.1) is 11.3 Å². The summed E-state index contributed by atoms with van der Waals surface area (Å²) in [6.07, 6.45) is 2.15. The van der Waals surface area contributed by atoms with Gasteiger partial charge in [-0.1, -0.05) is 41.2 Å². The Morgan fingerprint density at radius 2 is 1.64 bits per heavy atom. The van der Waals surface area contributed by atoms with Gasteiger partial charge in [0.25, 0.3) is 0 Å². The van der Waals surface area contributed by atoms with Crippen LogP contribution >= 0.6 is 11.8 Å². The van der Waals surface area contributed by atoms with Crippen molar-refractivity contribution in [3.8, 4) is 0 Å². The van der Waals surface area contributed by atoms with Crippen LogP contribution in [-0.2, 0) is 0 Å². The minimum atomic E-state index is 0.181. The van der Waals surface area contributed by atoms with Crippen molar-refractivity contribution in [3.63, 3.8) is 0 Å². The fourth-order valence-corrected chi connectivity index (χ4v) is 2.43. The zero-order valence-electron chi connectivity index (χ0n) is 10.7. The van der Waals surface area contributed by atoms with E-state index in [1.807, 2.05) is 11.8 Å². The first-order valence-corrected chi connectivity index (χ1v) is 6.38. The van der Waals surface area contributed by atoms with Crippen molar-refractivity contribution in [2.24, 2.45) is 11.3 Å². The van der Waals surface area contributed by atoms with Crippen molar-refractivity contribution < 1.29 is 0 Å². The molecule has 0 unspecified atom stereocenters. The van der Waals surface area contributed by atoms with E-state index in [1.165, 1.54) is 16.1 Å². The van der Waals surface area contributed by atoms with Crippen molar-refractivity contribution in [2.75, 3.05) is 6.26 Å². The maximum atomic E-state index is 4.21. The van der Waals surface area contributed by atoms with Gasteiger partial charge in [0.1, 0.15) is 0 Å². The molecule has 0 amide bonds. The number of thioether (sulfide) groups is 1. The van der Waals surface area contributed by atoms with Gasteiger partial charge in [0.05, 0.1) is 0 Å². The molecule has 0 rings (SSSR count). The van der Waals surface area contributed by atoms with E-state index >= 15 is 0 Å². The summed E-state index contributed by atoms with van der Waals surface area (Å²) < 4.78 is 0. The number of allylic oxidation sites excluding steroid dienone is 3. The average Bonchev–Trinajstić information content (AvgIpc) is 2.01. The topological polar surface area (TPSA) is 0 Å². The molecule has 0 spiro atoms. The highest BCUT2D eigenvalue weighted by molar-refractivity contribution is 8.02. The van der Waals surface area contributed by atoms with Crippen molar-refractivity contribution in [1.29, 1.82) is 0 Å². The fourth-order valence-electron chi connectivity index (χ4n) is 1.53. The molecule has 0 heterocycles. The molecule has 0 saturated carbocycles. The van der Waals surface area contributed by atoms with Gasteiger partial charge in [-0.05, 0) is 40.6 Å². The van der Waals surface area contributed by atoms with Gasteiger partial charge < -0.3 is 0 Å². The second-order valence-corrected chi connectivity index (χ2v) is 5.92. The first-order chi connectivity index (χ1) is 6.21. The predicted octanol–water partition coefficient (Wildman–Crippen LogP) is 4.88. The largest absolute Gasteiger partial charge is 0.133 e. The Hall–Kier alpha value is -0.170. The van der Waals surface area contributed by atoms with Crippen LogP contribution in [0.5, 0.6) is 0 Å². The summed E-state index contributed by atoms with van der Waals surface area (Å²) in [5, 5.41) is 0. The molecule has 14 heavy (non-hydrogen) atoms. The van der Waals surface area contributed by atoms with Crippen LogP contribution in [0.4, 0.5) is 0 Å². The third-order valence-corrected chi connectivity index (χ3v) is 3.69. The van der Waals surface area contributed by atoms with Gasteiger partial charge in [-0.3, -0.25) is 0 Å². The number of hydrogen-bond donors (Lipinski definition) is 0. The maximum absolute atomic E-state index is 4.21. The van der Waals surface area contributed by atoms with E-state index in [-0.39, 0.29) is 5.41 Å². The molecular weight excluding hydrogens is 188 g/mol. The van der Waals surface area contributed by atoms with Crippen LogP contribution in [0.15, 0.2) is 22.6 Å². The highest BCUT2D eigenvalue weighted by Gasteiger charge is 2.19. The SMILES string of the molecule is C=C(/C(C)=C(/SC)C(C)C)C(C)(C)C. The van der Waals surface area contributed by atoms with Crippen molar-refractivity contribution in [3.05, 3.63) is 22.6 Å². The maximum Gasteiger partial charge on any atom is -0.00976 e. The molecule has 0 N–H and O–H groups in total. The lowest BCUT2D eigenvalue weighted by Crippen LogP contribution is -2.11. The zero-order chi connectivity index (χ0) is 11.5. The van der Waals surface area contributed by atoms with Crippen LogP contribution in [0.3, 0.4) is 0 Å². The first-order valence-electron chi connectivity index (χ1n) is 5.16. The van der Waals surface area contributed by atoms with E-state index in [4.69, 9.17) is 0 Å². The molecule has 0 atom stereocenters. The van der Waals surface area contributed by atoms with Gasteiger partial charge in [0, 0.05) is 0 Å². The summed E-state index contributed by atoms with van der Waals surface area (Å²) in [6.45, 7) is 17.5. The third-order valence-electron chi connectivity index (χ3n) is 2.47. The second-order valence-electron chi connectivity index (χ2n) is 5.08. The molecule has 0 aliphatic carbocycles. The van der Waals surface area contributed by atoms with E-state index in [2.05, 4.69) is 54.4 Å². The van der Waals surface area contributed by atoms with Gasteiger partial charge in [-0.2, -0.15) is 0 Å². The Kier molecular flexibility index (Phi) is 5.00. The highest BCUT2D eigenvalue weighted by atomic mass is 32.2. The molecule has 0 fully saturated rings. The first kappa shape index (κ1) is 13.8. The van der Waals surface area contributed by atoms with Gasteiger partial charge in [-0.25, -0.2) is 0 Å². The Bertz CT molecular complexity index is 238. The normalized spacial score (nSPS) is 14.3. The summed E-state index contributed by atoms with van der Waals surface area (Å²) in [7, 11) is 0. The van der Waals surface area contributed by atoms with E-state index in [0.29, 0.717) is 5.92 Å². The summed E-state index contributed by atoms with van der Waals surface area (Å²) in [5.74, 6) is 0.601. The summed E-state index contributed by atoms with van der Waals surface area (Å²) in [4.78, 5) is 1.46. The van der Waals surface area contributed by atoms with Crippen LogP contribution in [0.1, 0.15) is 41.5 Å². The van der Waals surface area contributed by atoms with Gasteiger partial charge >= 0.3 is 0 Å². The summed E-state index contributed by atoms with van der Waals surface area (Å²) >= 11 is 1.85. The number of rotatable bonds is 3. The van der Waals surface area contributed by atoms with Crippen LogP contribution in [-0.4, -0.2) is 6.26 Å². The Morgan fingerprint density at radius 3 is 1.86 bits per heavy atom. The molecule has 0 aliphatic heterocycles. The zero-order valence-corrected chi connectivity index (χ0v) is 11.5. The lowest BCUT2D eigenvalue weighted by Gasteiger charge is -2.25. The quantitative estimate of drug-likeness (QED) is 0.601. The second kappa shape index (κ2) is 5.06. The molecule has 0 aromatic heterocycles. The van der Waals surface area contributed by atoms with Crippen LogP contribution in [0.2, 0.25) is 0 Å². The van der Waals surface area contributed by atoms with Crippen molar-refractivity contribution in [2.45, 2.75) is 41.5 Å². The summed E-state index contributed by atoms with van der Waals surface area (Å²) in [5.41, 5.74) is 2.82. The Labute approximate surface area is 93.9 Å². The van der Waals surface area contributed by atoms with Crippen LogP contribution in [0.25, 0.3) is 0 Å². The minimum absolute atomic E-state index is 0.181. The molecule has 0 aromatic rings.